The Kier molecular flexibility index (Phi) is 6.70. The van der Waals surface area contributed by atoms with Crippen LogP contribution in [-0.4, -0.2) is 31.7 Å². The van der Waals surface area contributed by atoms with E-state index in [1.54, 1.807) is 28.6 Å². The molecule has 3 rings (SSSR count). The number of nitrogens with one attached hydrogen (secondary N) is 1. The molecule has 1 N–H and O–H groups in total. The second-order valence-electron chi connectivity index (χ2n) is 6.26. The molecule has 1 amide bonds. The first-order valence-electron chi connectivity index (χ1n) is 8.76. The van der Waals surface area contributed by atoms with Crippen molar-refractivity contribution in [2.45, 2.75) is 30.0 Å². The van der Waals surface area contributed by atoms with Crippen molar-refractivity contribution in [3.05, 3.63) is 57.9 Å². The number of carbonyl (C=O) groups is 1. The van der Waals surface area contributed by atoms with Gasteiger partial charge in [0.2, 0.25) is 5.91 Å². The summed E-state index contributed by atoms with van der Waals surface area (Å²) in [5.41, 5.74) is 0.764. The van der Waals surface area contributed by atoms with Crippen LogP contribution in [-0.2, 0) is 21.4 Å². The third-order valence-electron chi connectivity index (χ3n) is 4.30. The molecule has 1 aliphatic heterocycles. The van der Waals surface area contributed by atoms with Gasteiger partial charge in [-0.1, -0.05) is 36.2 Å². The Hall–Kier alpha value is -1.67. The zero-order valence-corrected chi connectivity index (χ0v) is 17.1. The van der Waals surface area contributed by atoms with Gasteiger partial charge in [-0.3, -0.25) is 4.79 Å². The molecule has 8 heteroatoms. The number of thiophene rings is 1. The SMILES string of the molecule is O=C(/C=C/c1ccccc1Cl)NCc1ccc(S(=O)(=O)N2CCCCC2)s1. The van der Waals surface area contributed by atoms with Crippen molar-refractivity contribution in [1.82, 2.24) is 9.62 Å². The number of benzene rings is 1. The third-order valence-corrected chi connectivity index (χ3v) is 8.10. The summed E-state index contributed by atoms with van der Waals surface area (Å²) in [4.78, 5) is 12.8. The van der Waals surface area contributed by atoms with E-state index in [0.717, 1.165) is 29.7 Å². The lowest BCUT2D eigenvalue weighted by molar-refractivity contribution is -0.116. The summed E-state index contributed by atoms with van der Waals surface area (Å²) in [5, 5.41) is 3.34. The number of hydrogen-bond acceptors (Lipinski definition) is 4. The molecule has 5 nitrogen and oxygen atoms in total. The van der Waals surface area contributed by atoms with E-state index in [4.69, 9.17) is 11.6 Å². The Morgan fingerprint density at radius 2 is 1.89 bits per heavy atom. The molecule has 0 bridgehead atoms. The van der Waals surface area contributed by atoms with Crippen LogP contribution >= 0.6 is 22.9 Å². The van der Waals surface area contributed by atoms with E-state index in [-0.39, 0.29) is 12.5 Å². The number of carbonyl (C=O) groups excluding carboxylic acids is 1. The Labute approximate surface area is 168 Å². The average Bonchev–Trinajstić information content (AvgIpc) is 3.16. The van der Waals surface area contributed by atoms with E-state index in [0.29, 0.717) is 22.3 Å². The summed E-state index contributed by atoms with van der Waals surface area (Å²) in [6.45, 7) is 1.45. The van der Waals surface area contributed by atoms with Gasteiger partial charge < -0.3 is 5.32 Å². The highest BCUT2D eigenvalue weighted by Gasteiger charge is 2.27. The molecule has 27 heavy (non-hydrogen) atoms. The number of halogens is 1. The fourth-order valence-corrected chi connectivity index (χ4v) is 6.00. The van der Waals surface area contributed by atoms with Crippen LogP contribution in [0.25, 0.3) is 6.08 Å². The third kappa shape index (κ3) is 5.19. The van der Waals surface area contributed by atoms with Crippen molar-refractivity contribution in [3.8, 4) is 0 Å². The molecule has 0 saturated carbocycles. The minimum absolute atomic E-state index is 0.260. The Balaban J connectivity index is 1.58. The fraction of sp³-hybridized carbons (Fsp3) is 0.316. The van der Waals surface area contributed by atoms with E-state index >= 15 is 0 Å². The first kappa shape index (κ1) is 20.1. The second-order valence-corrected chi connectivity index (χ2v) is 10.00. The molecule has 1 aromatic carbocycles. The molecule has 0 radical (unpaired) electrons. The normalized spacial score (nSPS) is 15.9. The number of sulfonamides is 1. The molecule has 1 aromatic heterocycles. The fourth-order valence-electron chi connectivity index (χ4n) is 2.83. The van der Waals surface area contributed by atoms with E-state index in [2.05, 4.69) is 5.32 Å². The van der Waals surface area contributed by atoms with E-state index < -0.39 is 10.0 Å². The van der Waals surface area contributed by atoms with Crippen molar-refractivity contribution in [1.29, 1.82) is 0 Å². The topological polar surface area (TPSA) is 66.5 Å². The lowest BCUT2D eigenvalue weighted by Crippen LogP contribution is -2.35. The maximum atomic E-state index is 12.7. The second kappa shape index (κ2) is 9.01. The maximum absolute atomic E-state index is 12.7. The van der Waals surface area contributed by atoms with Crippen molar-refractivity contribution in [2.24, 2.45) is 0 Å². The van der Waals surface area contributed by atoms with Crippen LogP contribution in [0, 0.1) is 0 Å². The van der Waals surface area contributed by atoms with Crippen molar-refractivity contribution in [2.75, 3.05) is 13.1 Å². The van der Waals surface area contributed by atoms with Crippen molar-refractivity contribution < 1.29 is 13.2 Å². The summed E-state index contributed by atoms with van der Waals surface area (Å²) in [5.74, 6) is -0.260. The number of amides is 1. The molecule has 0 aliphatic carbocycles. The van der Waals surface area contributed by atoms with Crippen LogP contribution in [0.3, 0.4) is 0 Å². The summed E-state index contributed by atoms with van der Waals surface area (Å²) in [7, 11) is -3.42. The van der Waals surface area contributed by atoms with Gasteiger partial charge in [0.15, 0.2) is 0 Å². The lowest BCUT2D eigenvalue weighted by Gasteiger charge is -2.25. The predicted octanol–water partition coefficient (Wildman–Crippen LogP) is 3.91. The lowest BCUT2D eigenvalue weighted by atomic mass is 10.2. The Morgan fingerprint density at radius 3 is 2.63 bits per heavy atom. The smallest absolute Gasteiger partial charge is 0.252 e. The quantitative estimate of drug-likeness (QED) is 0.715. The highest BCUT2D eigenvalue weighted by Crippen LogP contribution is 2.27. The number of hydrogen-bond donors (Lipinski definition) is 1. The molecule has 1 aliphatic rings. The highest BCUT2D eigenvalue weighted by molar-refractivity contribution is 7.91. The van der Waals surface area contributed by atoms with Gasteiger partial charge in [0.05, 0.1) is 6.54 Å². The average molecular weight is 425 g/mol. The van der Waals surface area contributed by atoms with Gasteiger partial charge >= 0.3 is 0 Å². The summed E-state index contributed by atoms with van der Waals surface area (Å²) >= 11 is 7.25. The van der Waals surface area contributed by atoms with Gasteiger partial charge in [-0.25, -0.2) is 8.42 Å². The van der Waals surface area contributed by atoms with Crippen molar-refractivity contribution in [3.63, 3.8) is 0 Å². The summed E-state index contributed by atoms with van der Waals surface area (Å²) < 4.78 is 27.2. The Bertz CT molecular complexity index is 932. The van der Waals surface area contributed by atoms with Crippen LogP contribution < -0.4 is 5.32 Å². The molecule has 1 saturated heterocycles. The van der Waals surface area contributed by atoms with E-state index in [1.165, 1.54) is 17.4 Å². The number of rotatable bonds is 6. The van der Waals surface area contributed by atoms with Gasteiger partial charge in [-0.15, -0.1) is 11.3 Å². The Morgan fingerprint density at radius 1 is 1.15 bits per heavy atom. The van der Waals surface area contributed by atoms with Crippen LogP contribution in [0.4, 0.5) is 0 Å². The van der Waals surface area contributed by atoms with Crippen molar-refractivity contribution >= 4 is 44.9 Å². The van der Waals surface area contributed by atoms with Gasteiger partial charge in [0.1, 0.15) is 4.21 Å². The minimum Gasteiger partial charge on any atom is -0.348 e. The monoisotopic (exact) mass is 424 g/mol. The minimum atomic E-state index is -3.42. The largest absolute Gasteiger partial charge is 0.348 e. The highest BCUT2D eigenvalue weighted by atomic mass is 35.5. The molecule has 144 valence electrons. The summed E-state index contributed by atoms with van der Waals surface area (Å²) in [6, 6.07) is 10.6. The first-order valence-corrected chi connectivity index (χ1v) is 11.4. The molecule has 1 fully saturated rings. The van der Waals surface area contributed by atoms with E-state index in [9.17, 15) is 13.2 Å². The molecular formula is C19H21ClN2O3S2. The summed E-state index contributed by atoms with van der Waals surface area (Å²) in [6.07, 6.45) is 5.96. The van der Waals surface area contributed by atoms with Gasteiger partial charge in [0, 0.05) is 29.1 Å². The molecular weight excluding hydrogens is 404 g/mol. The first-order chi connectivity index (χ1) is 13.0. The standard InChI is InChI=1S/C19H21ClN2O3S2/c20-17-7-3-2-6-15(17)8-10-18(23)21-14-16-9-11-19(26-16)27(24,25)22-12-4-1-5-13-22/h2-3,6-11H,1,4-5,12-14H2,(H,21,23)/b10-8+. The number of nitrogens with zero attached hydrogens (tertiary/aromatic N) is 1. The van der Waals surface area contributed by atoms with Gasteiger partial charge in [-0.2, -0.15) is 4.31 Å². The van der Waals surface area contributed by atoms with Gasteiger partial charge in [-0.05, 0) is 42.7 Å². The van der Waals surface area contributed by atoms with Crippen LogP contribution in [0.5, 0.6) is 0 Å². The van der Waals surface area contributed by atoms with Crippen LogP contribution in [0.1, 0.15) is 29.7 Å². The maximum Gasteiger partial charge on any atom is 0.252 e. The zero-order chi connectivity index (χ0) is 19.3. The zero-order valence-electron chi connectivity index (χ0n) is 14.7. The molecule has 0 atom stereocenters. The molecule has 0 unspecified atom stereocenters. The van der Waals surface area contributed by atoms with Crippen LogP contribution in [0.15, 0.2) is 46.7 Å². The predicted molar refractivity (Wildman–Crippen MR) is 109 cm³/mol. The molecule has 2 aromatic rings. The molecule has 2 heterocycles. The van der Waals surface area contributed by atoms with Crippen LogP contribution in [0.2, 0.25) is 5.02 Å². The molecule has 0 spiro atoms. The number of piperidine rings is 1. The van der Waals surface area contributed by atoms with Gasteiger partial charge in [0.25, 0.3) is 10.0 Å². The van der Waals surface area contributed by atoms with E-state index in [1.807, 2.05) is 18.2 Å².